The van der Waals surface area contributed by atoms with E-state index in [4.69, 9.17) is 11.6 Å². The Morgan fingerprint density at radius 2 is 2.14 bits per heavy atom. The Balaban J connectivity index is 1.90. The lowest BCUT2D eigenvalue weighted by molar-refractivity contribution is 0.276. The summed E-state index contributed by atoms with van der Waals surface area (Å²) in [6.45, 7) is 6.84. The lowest BCUT2D eigenvalue weighted by atomic mass is 9.80. The van der Waals surface area contributed by atoms with Crippen LogP contribution in [0, 0.1) is 11.8 Å². The van der Waals surface area contributed by atoms with Gasteiger partial charge in [-0.3, -0.25) is 0 Å². The summed E-state index contributed by atoms with van der Waals surface area (Å²) in [5.41, 5.74) is 0. The van der Waals surface area contributed by atoms with E-state index in [-0.39, 0.29) is 0 Å². The van der Waals surface area contributed by atoms with Gasteiger partial charge in [-0.25, -0.2) is 9.97 Å². The van der Waals surface area contributed by atoms with Crippen LogP contribution in [0.25, 0.3) is 10.2 Å². The van der Waals surface area contributed by atoms with Crippen LogP contribution in [0.5, 0.6) is 0 Å². The van der Waals surface area contributed by atoms with Gasteiger partial charge in [0, 0.05) is 10.9 Å². The molecule has 114 valence electrons. The summed E-state index contributed by atoms with van der Waals surface area (Å²) in [7, 11) is 0. The first-order valence-corrected chi connectivity index (χ1v) is 8.98. The molecule has 3 unspecified atom stereocenters. The molecule has 0 amide bonds. The average Bonchev–Trinajstić information content (AvgIpc) is 2.85. The zero-order valence-corrected chi connectivity index (χ0v) is 14.4. The molecule has 2 aromatic heterocycles. The number of rotatable bonds is 3. The highest BCUT2D eigenvalue weighted by molar-refractivity contribution is 7.18. The zero-order valence-electron chi connectivity index (χ0n) is 12.8. The van der Waals surface area contributed by atoms with Gasteiger partial charge in [0.25, 0.3) is 0 Å². The number of aromatic nitrogens is 2. The molecule has 0 radical (unpaired) electrons. The summed E-state index contributed by atoms with van der Waals surface area (Å²) < 4.78 is 0. The second-order valence-electron chi connectivity index (χ2n) is 6.27. The second kappa shape index (κ2) is 6.09. The summed E-state index contributed by atoms with van der Waals surface area (Å²) in [5, 5.41) is 5.10. The fraction of sp³-hybridized carbons (Fsp3) is 0.625. The van der Waals surface area contributed by atoms with E-state index in [1.165, 1.54) is 24.1 Å². The van der Waals surface area contributed by atoms with Crippen molar-refractivity contribution in [3.05, 3.63) is 16.2 Å². The highest BCUT2D eigenvalue weighted by atomic mass is 35.5. The van der Waals surface area contributed by atoms with Crippen molar-refractivity contribution < 1.29 is 0 Å². The molecule has 1 N–H and O–H groups in total. The van der Waals surface area contributed by atoms with Crippen LogP contribution in [0.4, 0.5) is 5.82 Å². The summed E-state index contributed by atoms with van der Waals surface area (Å²) in [6, 6.07) is 2.69. The molecular weight excluding hydrogens is 302 g/mol. The van der Waals surface area contributed by atoms with E-state index in [0.29, 0.717) is 17.2 Å². The number of anilines is 1. The first-order valence-electron chi connectivity index (χ1n) is 7.79. The minimum absolute atomic E-state index is 0.339. The molecule has 0 bridgehead atoms. The molecule has 0 aliphatic heterocycles. The van der Waals surface area contributed by atoms with E-state index in [2.05, 4.69) is 42.1 Å². The monoisotopic (exact) mass is 323 g/mol. The number of nitrogens with one attached hydrogen (secondary N) is 1. The minimum Gasteiger partial charge on any atom is -0.366 e. The van der Waals surface area contributed by atoms with E-state index in [9.17, 15) is 0 Å². The number of hydrogen-bond donors (Lipinski definition) is 1. The van der Waals surface area contributed by atoms with Crippen molar-refractivity contribution in [2.45, 2.75) is 52.5 Å². The predicted octanol–water partition coefficient (Wildman–Crippen LogP) is 5.14. The molecule has 1 aliphatic carbocycles. The topological polar surface area (TPSA) is 37.8 Å². The molecule has 0 spiro atoms. The van der Waals surface area contributed by atoms with Crippen molar-refractivity contribution in [1.82, 2.24) is 9.97 Å². The zero-order chi connectivity index (χ0) is 15.0. The lowest BCUT2D eigenvalue weighted by Crippen LogP contribution is -2.33. The molecule has 3 rings (SSSR count). The number of hydrogen-bond acceptors (Lipinski definition) is 4. The molecule has 0 saturated heterocycles. The number of fused-ring (bicyclic) bond motifs is 1. The molecular formula is C16H22ClN3S. The SMILES string of the molecule is CCc1cc2c(NC3CCC(C)CC3C)nc(Cl)nc2s1. The summed E-state index contributed by atoms with van der Waals surface area (Å²) in [5.74, 6) is 2.41. The van der Waals surface area contributed by atoms with Gasteiger partial charge in [-0.2, -0.15) is 0 Å². The highest BCUT2D eigenvalue weighted by Crippen LogP contribution is 2.34. The van der Waals surface area contributed by atoms with Crippen LogP contribution in [0.1, 0.15) is 44.9 Å². The standard InChI is InChI=1S/C16H22ClN3S/c1-4-11-8-12-14(19-16(17)20-15(12)21-11)18-13-6-5-9(2)7-10(13)3/h8-10,13H,4-7H2,1-3H3,(H,18,19,20). The number of halogens is 1. The van der Waals surface area contributed by atoms with Gasteiger partial charge in [-0.1, -0.05) is 20.8 Å². The van der Waals surface area contributed by atoms with Gasteiger partial charge < -0.3 is 5.32 Å². The predicted molar refractivity (Wildman–Crippen MR) is 91.4 cm³/mol. The van der Waals surface area contributed by atoms with Gasteiger partial charge in [0.1, 0.15) is 10.6 Å². The lowest BCUT2D eigenvalue weighted by Gasteiger charge is -2.33. The van der Waals surface area contributed by atoms with Crippen molar-refractivity contribution in [2.24, 2.45) is 11.8 Å². The molecule has 1 fully saturated rings. The summed E-state index contributed by atoms with van der Waals surface area (Å²) in [4.78, 5) is 11.1. The maximum atomic E-state index is 6.10. The van der Waals surface area contributed by atoms with Crippen molar-refractivity contribution in [3.8, 4) is 0 Å². The molecule has 2 aromatic rings. The maximum Gasteiger partial charge on any atom is 0.225 e. The molecule has 1 aliphatic rings. The molecule has 3 atom stereocenters. The minimum atomic E-state index is 0.339. The van der Waals surface area contributed by atoms with E-state index in [0.717, 1.165) is 28.4 Å². The Kier molecular flexibility index (Phi) is 4.36. The fourth-order valence-corrected chi connectivity index (χ4v) is 4.47. The summed E-state index contributed by atoms with van der Waals surface area (Å²) >= 11 is 7.81. The Morgan fingerprint density at radius 3 is 2.86 bits per heavy atom. The third-order valence-electron chi connectivity index (χ3n) is 4.52. The third-order valence-corrected chi connectivity index (χ3v) is 5.86. The third kappa shape index (κ3) is 3.16. The molecule has 3 nitrogen and oxygen atoms in total. The Labute approximate surface area is 135 Å². The van der Waals surface area contributed by atoms with Crippen molar-refractivity contribution in [3.63, 3.8) is 0 Å². The smallest absolute Gasteiger partial charge is 0.225 e. The van der Waals surface area contributed by atoms with Crippen LogP contribution in [-0.2, 0) is 6.42 Å². The number of thiophene rings is 1. The van der Waals surface area contributed by atoms with Gasteiger partial charge >= 0.3 is 0 Å². The Morgan fingerprint density at radius 1 is 1.33 bits per heavy atom. The van der Waals surface area contributed by atoms with Crippen molar-refractivity contribution >= 4 is 39.0 Å². The van der Waals surface area contributed by atoms with Gasteiger partial charge in [-0.05, 0) is 55.2 Å². The Hall–Kier alpha value is -0.870. The molecule has 5 heteroatoms. The van der Waals surface area contributed by atoms with Crippen LogP contribution in [-0.4, -0.2) is 16.0 Å². The number of aryl methyl sites for hydroxylation is 1. The highest BCUT2D eigenvalue weighted by Gasteiger charge is 2.26. The van der Waals surface area contributed by atoms with Gasteiger partial charge in [-0.15, -0.1) is 11.3 Å². The van der Waals surface area contributed by atoms with Crippen LogP contribution in [0.3, 0.4) is 0 Å². The maximum absolute atomic E-state index is 6.10. The van der Waals surface area contributed by atoms with Gasteiger partial charge in [0.2, 0.25) is 5.28 Å². The summed E-state index contributed by atoms with van der Waals surface area (Å²) in [6.07, 6.45) is 4.79. The van der Waals surface area contributed by atoms with Crippen molar-refractivity contribution in [2.75, 3.05) is 5.32 Å². The average molecular weight is 324 g/mol. The van der Waals surface area contributed by atoms with E-state index >= 15 is 0 Å². The van der Waals surface area contributed by atoms with Gasteiger partial charge in [0.15, 0.2) is 0 Å². The first kappa shape index (κ1) is 15.0. The molecule has 1 saturated carbocycles. The van der Waals surface area contributed by atoms with E-state index in [1.807, 2.05) is 0 Å². The van der Waals surface area contributed by atoms with Gasteiger partial charge in [0.05, 0.1) is 5.39 Å². The largest absolute Gasteiger partial charge is 0.366 e. The second-order valence-corrected chi connectivity index (χ2v) is 7.73. The first-order chi connectivity index (χ1) is 10.1. The van der Waals surface area contributed by atoms with Crippen LogP contribution in [0.15, 0.2) is 6.07 Å². The van der Waals surface area contributed by atoms with Crippen LogP contribution in [0.2, 0.25) is 5.28 Å². The quantitative estimate of drug-likeness (QED) is 0.794. The van der Waals surface area contributed by atoms with Crippen LogP contribution >= 0.6 is 22.9 Å². The van der Waals surface area contributed by atoms with E-state index in [1.54, 1.807) is 11.3 Å². The molecule has 21 heavy (non-hydrogen) atoms. The van der Waals surface area contributed by atoms with E-state index < -0.39 is 0 Å². The fourth-order valence-electron chi connectivity index (χ4n) is 3.28. The Bertz CT molecular complexity index is 640. The van der Waals surface area contributed by atoms with Crippen molar-refractivity contribution in [1.29, 1.82) is 0 Å². The van der Waals surface area contributed by atoms with Crippen LogP contribution < -0.4 is 5.32 Å². The molecule has 2 heterocycles. The normalized spacial score (nSPS) is 26.2. The number of nitrogens with zero attached hydrogens (tertiary/aromatic N) is 2. The molecule has 0 aromatic carbocycles.